The van der Waals surface area contributed by atoms with Crippen LogP contribution in [0.15, 0.2) is 21.6 Å². The van der Waals surface area contributed by atoms with Crippen molar-refractivity contribution in [3.05, 3.63) is 22.2 Å². The van der Waals surface area contributed by atoms with Gasteiger partial charge in [-0.1, -0.05) is 22.9 Å². The second-order valence-electron chi connectivity index (χ2n) is 6.21. The summed E-state index contributed by atoms with van der Waals surface area (Å²) in [5.74, 6) is 2.01. The largest absolute Gasteiger partial charge is 0.493 e. The molecule has 0 aromatic heterocycles. The average Bonchev–Trinajstić information content (AvgIpc) is 3.03. The standard InChI is InChI=1S/C18H26BrN3O4/c1-11-9-22(10-13(11)17(23)26-5)18(20-2)21-8-12-6-15(24-3)16(25-4)7-14(12)19/h6-7,11,13H,8-10H2,1-5H3,(H,20,21). The average molecular weight is 428 g/mol. The lowest BCUT2D eigenvalue weighted by Gasteiger charge is -2.22. The number of guanidine groups is 1. The number of likely N-dealkylation sites (tertiary alicyclic amines) is 1. The molecule has 1 saturated heterocycles. The van der Waals surface area contributed by atoms with Gasteiger partial charge >= 0.3 is 5.97 Å². The van der Waals surface area contributed by atoms with E-state index < -0.39 is 0 Å². The first-order valence-electron chi connectivity index (χ1n) is 8.38. The third kappa shape index (κ3) is 4.41. The molecule has 0 bridgehead atoms. The summed E-state index contributed by atoms with van der Waals surface area (Å²) in [5, 5.41) is 3.35. The first-order chi connectivity index (χ1) is 12.4. The van der Waals surface area contributed by atoms with Crippen LogP contribution in [0, 0.1) is 11.8 Å². The van der Waals surface area contributed by atoms with Crippen molar-refractivity contribution in [1.29, 1.82) is 0 Å². The van der Waals surface area contributed by atoms with Crippen LogP contribution >= 0.6 is 15.9 Å². The first-order valence-corrected chi connectivity index (χ1v) is 9.18. The number of ether oxygens (including phenoxy) is 3. The second kappa shape index (κ2) is 9.12. The predicted molar refractivity (Wildman–Crippen MR) is 104 cm³/mol. The molecule has 7 nitrogen and oxygen atoms in total. The lowest BCUT2D eigenvalue weighted by atomic mass is 9.99. The molecule has 1 aromatic carbocycles. The SMILES string of the molecule is CN=C(NCc1cc(OC)c(OC)cc1Br)N1CC(C)C(C(=O)OC)C1. The molecular weight excluding hydrogens is 402 g/mol. The number of halogens is 1. The van der Waals surface area contributed by atoms with Gasteiger partial charge in [-0.3, -0.25) is 9.79 Å². The maximum atomic E-state index is 11.9. The summed E-state index contributed by atoms with van der Waals surface area (Å²) in [6, 6.07) is 3.80. The van der Waals surface area contributed by atoms with Crippen LogP contribution in [0.4, 0.5) is 0 Å². The number of methoxy groups -OCH3 is 3. The number of carbonyl (C=O) groups is 1. The number of esters is 1. The summed E-state index contributed by atoms with van der Waals surface area (Å²) < 4.78 is 16.5. The molecule has 0 spiro atoms. The van der Waals surface area contributed by atoms with E-state index in [1.165, 1.54) is 7.11 Å². The van der Waals surface area contributed by atoms with Gasteiger partial charge in [-0.25, -0.2) is 0 Å². The minimum absolute atomic E-state index is 0.133. The molecule has 0 amide bonds. The Hall–Kier alpha value is -1.96. The number of carbonyl (C=O) groups excluding carboxylic acids is 1. The van der Waals surface area contributed by atoms with E-state index in [2.05, 4.69) is 38.1 Å². The number of rotatable bonds is 5. The maximum absolute atomic E-state index is 11.9. The van der Waals surface area contributed by atoms with Crippen LogP contribution in [-0.4, -0.2) is 58.3 Å². The molecule has 8 heteroatoms. The van der Waals surface area contributed by atoms with Crippen molar-refractivity contribution in [2.24, 2.45) is 16.8 Å². The molecule has 2 rings (SSSR count). The molecule has 1 N–H and O–H groups in total. The molecule has 144 valence electrons. The Bertz CT molecular complexity index is 681. The fourth-order valence-electron chi connectivity index (χ4n) is 3.14. The topological polar surface area (TPSA) is 72.4 Å². The predicted octanol–water partition coefficient (Wildman–Crippen LogP) is 2.28. The van der Waals surface area contributed by atoms with Crippen molar-refractivity contribution in [2.75, 3.05) is 41.5 Å². The Labute approximate surface area is 162 Å². The van der Waals surface area contributed by atoms with E-state index in [1.807, 2.05) is 12.1 Å². The fraction of sp³-hybridized carbons (Fsp3) is 0.556. The Kier molecular flexibility index (Phi) is 7.14. The third-order valence-corrected chi connectivity index (χ3v) is 5.36. The molecule has 0 saturated carbocycles. The van der Waals surface area contributed by atoms with E-state index in [9.17, 15) is 4.79 Å². The van der Waals surface area contributed by atoms with Crippen LogP contribution in [0.25, 0.3) is 0 Å². The molecule has 2 unspecified atom stereocenters. The highest BCUT2D eigenvalue weighted by Gasteiger charge is 2.36. The summed E-state index contributed by atoms with van der Waals surface area (Å²) in [7, 11) is 6.39. The molecular formula is C18H26BrN3O4. The van der Waals surface area contributed by atoms with Crippen LogP contribution in [0.2, 0.25) is 0 Å². The highest BCUT2D eigenvalue weighted by molar-refractivity contribution is 9.10. The molecule has 1 aliphatic rings. The van der Waals surface area contributed by atoms with E-state index in [-0.39, 0.29) is 17.8 Å². The summed E-state index contributed by atoms with van der Waals surface area (Å²) in [6.07, 6.45) is 0. The summed E-state index contributed by atoms with van der Waals surface area (Å²) >= 11 is 3.56. The third-order valence-electron chi connectivity index (χ3n) is 4.62. The van der Waals surface area contributed by atoms with Gasteiger partial charge in [0.25, 0.3) is 0 Å². The van der Waals surface area contributed by atoms with Gasteiger partial charge in [0.2, 0.25) is 0 Å². The van der Waals surface area contributed by atoms with Gasteiger partial charge in [0.05, 0.1) is 27.2 Å². The highest BCUT2D eigenvalue weighted by Crippen LogP contribution is 2.33. The zero-order valence-electron chi connectivity index (χ0n) is 15.8. The van der Waals surface area contributed by atoms with E-state index in [0.29, 0.717) is 24.6 Å². The van der Waals surface area contributed by atoms with E-state index in [1.54, 1.807) is 21.3 Å². The van der Waals surface area contributed by atoms with E-state index in [4.69, 9.17) is 14.2 Å². The Balaban J connectivity index is 2.07. The van der Waals surface area contributed by atoms with Gasteiger partial charge < -0.3 is 24.4 Å². The van der Waals surface area contributed by atoms with Crippen molar-refractivity contribution in [3.8, 4) is 11.5 Å². The molecule has 1 aliphatic heterocycles. The summed E-state index contributed by atoms with van der Waals surface area (Å²) in [6.45, 7) is 3.97. The highest BCUT2D eigenvalue weighted by atomic mass is 79.9. The molecule has 0 aliphatic carbocycles. The smallest absolute Gasteiger partial charge is 0.310 e. The van der Waals surface area contributed by atoms with Gasteiger partial charge in [-0.2, -0.15) is 0 Å². The van der Waals surface area contributed by atoms with Crippen LogP contribution < -0.4 is 14.8 Å². The maximum Gasteiger partial charge on any atom is 0.310 e. The molecule has 1 heterocycles. The number of nitrogens with zero attached hydrogens (tertiary/aromatic N) is 2. The number of nitrogens with one attached hydrogen (secondary N) is 1. The van der Waals surface area contributed by atoms with Gasteiger partial charge in [-0.15, -0.1) is 0 Å². The minimum atomic E-state index is -0.168. The Morgan fingerprint density at radius 2 is 1.92 bits per heavy atom. The monoisotopic (exact) mass is 427 g/mol. The van der Waals surface area contributed by atoms with Gasteiger partial charge in [-0.05, 0) is 23.6 Å². The minimum Gasteiger partial charge on any atom is -0.493 e. The zero-order chi connectivity index (χ0) is 19.3. The number of benzene rings is 1. The van der Waals surface area contributed by atoms with Gasteiger partial charge in [0, 0.05) is 31.2 Å². The first kappa shape index (κ1) is 20.4. The van der Waals surface area contributed by atoms with Crippen LogP contribution in [0.5, 0.6) is 11.5 Å². The van der Waals surface area contributed by atoms with Crippen LogP contribution in [0.3, 0.4) is 0 Å². The van der Waals surface area contributed by atoms with Crippen molar-refractivity contribution in [3.63, 3.8) is 0 Å². The van der Waals surface area contributed by atoms with Crippen molar-refractivity contribution < 1.29 is 19.0 Å². The second-order valence-corrected chi connectivity index (χ2v) is 7.07. The number of aliphatic imine (C=N–C) groups is 1. The lowest BCUT2D eigenvalue weighted by molar-refractivity contribution is -0.145. The van der Waals surface area contributed by atoms with E-state index >= 15 is 0 Å². The zero-order valence-corrected chi connectivity index (χ0v) is 17.4. The van der Waals surface area contributed by atoms with Crippen molar-refractivity contribution in [2.45, 2.75) is 13.5 Å². The van der Waals surface area contributed by atoms with Gasteiger partial charge in [0.15, 0.2) is 17.5 Å². The Morgan fingerprint density at radius 1 is 1.27 bits per heavy atom. The normalized spacial score (nSPS) is 20.1. The van der Waals surface area contributed by atoms with Crippen LogP contribution in [0.1, 0.15) is 12.5 Å². The number of hydrogen-bond acceptors (Lipinski definition) is 5. The van der Waals surface area contributed by atoms with Gasteiger partial charge in [0.1, 0.15) is 0 Å². The molecule has 2 atom stereocenters. The van der Waals surface area contributed by atoms with Crippen LogP contribution in [-0.2, 0) is 16.1 Å². The molecule has 0 radical (unpaired) electrons. The van der Waals surface area contributed by atoms with E-state index in [0.717, 1.165) is 22.5 Å². The molecule has 1 aromatic rings. The molecule has 26 heavy (non-hydrogen) atoms. The van der Waals surface area contributed by atoms with Crippen molar-refractivity contribution in [1.82, 2.24) is 10.2 Å². The number of hydrogen-bond donors (Lipinski definition) is 1. The fourth-order valence-corrected chi connectivity index (χ4v) is 3.60. The molecule has 1 fully saturated rings. The quantitative estimate of drug-likeness (QED) is 0.441. The Morgan fingerprint density at radius 3 is 2.50 bits per heavy atom. The summed E-state index contributed by atoms with van der Waals surface area (Å²) in [5.41, 5.74) is 1.01. The lowest BCUT2D eigenvalue weighted by Crippen LogP contribution is -2.40. The summed E-state index contributed by atoms with van der Waals surface area (Å²) in [4.78, 5) is 18.3. The van der Waals surface area contributed by atoms with Crippen molar-refractivity contribution >= 4 is 27.9 Å².